The van der Waals surface area contributed by atoms with Crippen LogP contribution in [0.1, 0.15) is 20.3 Å². The summed E-state index contributed by atoms with van der Waals surface area (Å²) in [6, 6.07) is -2.93. The third kappa shape index (κ3) is 6.76. The van der Waals surface area contributed by atoms with E-state index in [4.69, 9.17) is 4.55 Å². The van der Waals surface area contributed by atoms with Crippen molar-refractivity contribution >= 4 is 22.0 Å². The summed E-state index contributed by atoms with van der Waals surface area (Å²) in [5, 5.41) is -4.24. The van der Waals surface area contributed by atoms with Crippen LogP contribution in [0.3, 0.4) is 0 Å². The molecule has 8 nitrogen and oxygen atoms in total. The fourth-order valence-corrected chi connectivity index (χ4v) is 1.78. The minimum atomic E-state index is -6.12. The third-order valence-corrected chi connectivity index (χ3v) is 4.13. The number of nitrogens with one attached hydrogen (secondary N) is 1. The Morgan fingerprint density at radius 1 is 1.10 bits per heavy atom. The normalized spacial score (nSPS) is 16.4. The van der Waals surface area contributed by atoms with E-state index in [1.165, 1.54) is 0 Å². The van der Waals surface area contributed by atoms with Crippen molar-refractivity contribution in [3.63, 3.8) is 0 Å². The molecular weight excluding hydrogens is 466 g/mol. The summed E-state index contributed by atoms with van der Waals surface area (Å²) in [6.07, 6.45) is -13.6. The molecule has 17 heteroatoms. The Hall–Kier alpha value is -2.01. The van der Waals surface area contributed by atoms with Gasteiger partial charge in [0.15, 0.2) is 0 Å². The van der Waals surface area contributed by atoms with Crippen LogP contribution in [-0.2, 0) is 29.2 Å². The Morgan fingerprint density at radius 2 is 1.57 bits per heavy atom. The van der Waals surface area contributed by atoms with Crippen LogP contribution in [0.5, 0.6) is 0 Å². The van der Waals surface area contributed by atoms with Crippen molar-refractivity contribution in [2.75, 3.05) is 6.61 Å². The van der Waals surface area contributed by atoms with Crippen LogP contribution in [0.2, 0.25) is 0 Å². The van der Waals surface area contributed by atoms with E-state index in [2.05, 4.69) is 16.1 Å². The topological polar surface area (TPSA) is 119 Å². The molecule has 176 valence electrons. The molecule has 1 amide bonds. The summed E-state index contributed by atoms with van der Waals surface area (Å²) in [5.41, 5.74) is -0.785. The van der Waals surface area contributed by atoms with Crippen LogP contribution in [0.15, 0.2) is 12.2 Å². The van der Waals surface area contributed by atoms with Gasteiger partial charge in [-0.2, -0.15) is 43.5 Å². The molecule has 30 heavy (non-hydrogen) atoms. The second-order valence-electron chi connectivity index (χ2n) is 5.73. The highest BCUT2D eigenvalue weighted by atomic mass is 32.2. The fourth-order valence-electron chi connectivity index (χ4n) is 1.44. The number of hydrogen-bond donors (Lipinski definition) is 2. The largest absolute Gasteiger partial charge is 0.466 e. The van der Waals surface area contributed by atoms with Gasteiger partial charge >= 0.3 is 45.4 Å². The van der Waals surface area contributed by atoms with E-state index in [1.807, 2.05) is 0 Å². The molecule has 0 aromatic carbocycles. The molecule has 0 bridgehead atoms. The molecule has 2 N–H and O–H groups in total. The Kier molecular flexibility index (Phi) is 8.40. The fraction of sp³-hybridized carbons (Fsp3) is 0.692. The van der Waals surface area contributed by atoms with Crippen molar-refractivity contribution in [3.8, 4) is 0 Å². The average Bonchev–Trinajstić information content (AvgIpc) is 2.49. The van der Waals surface area contributed by atoms with Gasteiger partial charge in [0, 0.05) is 5.57 Å². The van der Waals surface area contributed by atoms with Crippen molar-refractivity contribution in [2.24, 2.45) is 0 Å². The van der Waals surface area contributed by atoms with Gasteiger partial charge in [0.25, 0.3) is 0 Å². The number of halogens is 8. The van der Waals surface area contributed by atoms with Crippen molar-refractivity contribution in [1.82, 2.24) is 5.32 Å². The van der Waals surface area contributed by atoms with Gasteiger partial charge in [-0.3, -0.25) is 9.35 Å². The summed E-state index contributed by atoms with van der Waals surface area (Å²) in [4.78, 5) is 23.5. The second kappa shape index (κ2) is 9.01. The van der Waals surface area contributed by atoms with E-state index in [0.29, 0.717) is 0 Å². The van der Waals surface area contributed by atoms with E-state index in [-0.39, 0.29) is 6.92 Å². The van der Waals surface area contributed by atoms with E-state index >= 15 is 0 Å². The third-order valence-electron chi connectivity index (χ3n) is 3.17. The van der Waals surface area contributed by atoms with Crippen molar-refractivity contribution in [3.05, 3.63) is 12.2 Å². The second-order valence-corrected chi connectivity index (χ2v) is 7.28. The zero-order chi connectivity index (χ0) is 24.3. The van der Waals surface area contributed by atoms with Gasteiger partial charge in [0.1, 0.15) is 6.04 Å². The first kappa shape index (κ1) is 28.0. The van der Waals surface area contributed by atoms with Gasteiger partial charge in [-0.1, -0.05) is 6.58 Å². The summed E-state index contributed by atoms with van der Waals surface area (Å²) >= 11 is 0. The van der Waals surface area contributed by atoms with Crippen LogP contribution < -0.4 is 5.32 Å². The Balaban J connectivity index is 6.11. The van der Waals surface area contributed by atoms with Crippen LogP contribution >= 0.6 is 0 Å². The molecule has 0 aromatic heterocycles. The summed E-state index contributed by atoms with van der Waals surface area (Å²) in [6.45, 7) is 1.88. The lowest BCUT2D eigenvalue weighted by molar-refractivity contribution is -0.348. The van der Waals surface area contributed by atoms with Gasteiger partial charge in [0.05, 0.1) is 13.0 Å². The number of hydrogen-bond acceptors (Lipinski definition) is 6. The molecule has 2 unspecified atom stereocenters. The highest BCUT2D eigenvalue weighted by Gasteiger charge is 2.67. The molecule has 0 aliphatic carbocycles. The number of ether oxygens (including phenoxy) is 2. The predicted molar refractivity (Wildman–Crippen MR) is 80.4 cm³/mol. The summed E-state index contributed by atoms with van der Waals surface area (Å²) in [5.74, 6) is -9.62. The lowest BCUT2D eigenvalue weighted by atomic mass is 10.2. The lowest BCUT2D eigenvalue weighted by Crippen LogP contribution is -2.64. The van der Waals surface area contributed by atoms with Gasteiger partial charge in [-0.15, -0.1) is 0 Å². The molecule has 0 aliphatic rings. The summed E-state index contributed by atoms with van der Waals surface area (Å²) in [7, 11) is -6.12. The number of amides is 1. The quantitative estimate of drug-likeness (QED) is 0.171. The van der Waals surface area contributed by atoms with Gasteiger partial charge < -0.3 is 14.8 Å². The molecular formula is C13H15F8NO7S. The van der Waals surface area contributed by atoms with Crippen molar-refractivity contribution in [1.29, 1.82) is 0 Å². The average molecular weight is 481 g/mol. The van der Waals surface area contributed by atoms with Crippen LogP contribution in [-0.4, -0.2) is 60.9 Å². The number of rotatable bonds is 9. The number of alkyl halides is 8. The van der Waals surface area contributed by atoms with Gasteiger partial charge in [-0.25, -0.2) is 4.79 Å². The number of carbonyl (C=O) groups is 2. The first-order valence-corrected chi connectivity index (χ1v) is 8.84. The first-order valence-electron chi connectivity index (χ1n) is 7.40. The molecule has 0 saturated heterocycles. The monoisotopic (exact) mass is 481 g/mol. The van der Waals surface area contributed by atoms with E-state index in [9.17, 15) is 53.1 Å². The SMILES string of the molecule is C=C(C)C(=O)OC(OCCC(F)(F)S(=O)(=O)O)(C(=O)NC(C)C(F)(F)F)C(F)(F)F. The molecule has 2 atom stereocenters. The maximum atomic E-state index is 13.5. The summed E-state index contributed by atoms with van der Waals surface area (Å²) < 4.78 is 142. The van der Waals surface area contributed by atoms with E-state index < -0.39 is 70.0 Å². The molecule has 0 radical (unpaired) electrons. The predicted octanol–water partition coefficient (Wildman–Crippen LogP) is 2.32. The van der Waals surface area contributed by atoms with Gasteiger partial charge in [0.2, 0.25) is 0 Å². The highest BCUT2D eigenvalue weighted by molar-refractivity contribution is 7.86. The maximum Gasteiger partial charge on any atom is 0.466 e. The Morgan fingerprint density at radius 3 is 1.90 bits per heavy atom. The van der Waals surface area contributed by atoms with Crippen LogP contribution in [0.4, 0.5) is 35.1 Å². The van der Waals surface area contributed by atoms with Gasteiger partial charge in [-0.05, 0) is 13.8 Å². The zero-order valence-corrected chi connectivity index (χ0v) is 15.8. The molecule has 0 spiro atoms. The minimum Gasteiger partial charge on any atom is -0.412 e. The minimum absolute atomic E-state index is 0.214. The molecule has 0 saturated carbocycles. The van der Waals surface area contributed by atoms with E-state index in [0.717, 1.165) is 12.2 Å². The van der Waals surface area contributed by atoms with Crippen molar-refractivity contribution in [2.45, 2.75) is 49.7 Å². The highest BCUT2D eigenvalue weighted by Crippen LogP contribution is 2.38. The molecule has 0 heterocycles. The van der Waals surface area contributed by atoms with Crippen LogP contribution in [0.25, 0.3) is 0 Å². The molecule has 0 fully saturated rings. The Labute approximate surface area is 163 Å². The molecule has 0 aromatic rings. The van der Waals surface area contributed by atoms with Crippen molar-refractivity contribution < 1.29 is 67.2 Å². The number of esters is 1. The van der Waals surface area contributed by atoms with E-state index in [1.54, 1.807) is 0 Å². The lowest BCUT2D eigenvalue weighted by Gasteiger charge is -2.34. The zero-order valence-electron chi connectivity index (χ0n) is 15.0. The number of carbonyl (C=O) groups excluding carboxylic acids is 2. The van der Waals surface area contributed by atoms with Crippen LogP contribution in [0, 0.1) is 0 Å². The Bertz CT molecular complexity index is 777. The molecule has 0 rings (SSSR count). The maximum absolute atomic E-state index is 13.5. The molecule has 0 aliphatic heterocycles. The first-order chi connectivity index (χ1) is 13.1. The smallest absolute Gasteiger partial charge is 0.412 e. The standard InChI is InChI=1S/C13H15F8NO7S/c1-6(2)8(23)29-11(13(19,20)21,9(24)22-7(3)12(16,17)18)28-5-4-10(14,15)30(25,26)27/h7H,1,4-5H2,2-3H3,(H,22,24)(H,25,26,27).